The minimum absolute atomic E-state index is 0.784. The average molecular weight is 190 g/mol. The van der Waals surface area contributed by atoms with Crippen molar-refractivity contribution in [3.05, 3.63) is 36.9 Å². The molecular weight excluding hydrogens is 180 g/mol. The van der Waals surface area contributed by atoms with Gasteiger partial charge in [0.2, 0.25) is 0 Å². The summed E-state index contributed by atoms with van der Waals surface area (Å²) in [7, 11) is 0. The molecule has 1 aromatic carbocycles. The normalized spacial score (nSPS) is 10.2. The molecule has 66 valence electrons. The highest BCUT2D eigenvalue weighted by atomic mass is 32.1. The van der Waals surface area contributed by atoms with Crippen molar-refractivity contribution < 1.29 is 0 Å². The van der Waals surface area contributed by atoms with Crippen LogP contribution in [0.2, 0.25) is 0 Å². The zero-order valence-corrected chi connectivity index (χ0v) is 7.97. The van der Waals surface area contributed by atoms with Crippen LogP contribution in [0.3, 0.4) is 0 Å². The second-order valence-corrected chi connectivity index (χ2v) is 3.47. The smallest absolute Gasteiger partial charge is 0.117 e. The van der Waals surface area contributed by atoms with Gasteiger partial charge in [-0.2, -0.15) is 4.37 Å². The number of nitrogens with one attached hydrogen (secondary N) is 1. The van der Waals surface area contributed by atoms with Crippen molar-refractivity contribution in [2.24, 2.45) is 0 Å². The van der Waals surface area contributed by atoms with Crippen molar-refractivity contribution in [2.45, 2.75) is 0 Å². The lowest BCUT2D eigenvalue weighted by Gasteiger charge is -1.97. The molecule has 0 unspecified atom stereocenters. The quantitative estimate of drug-likeness (QED) is 0.753. The number of nitrogens with zero attached hydrogens (tertiary/aromatic N) is 1. The summed E-state index contributed by atoms with van der Waals surface area (Å²) in [5.74, 6) is 0. The van der Waals surface area contributed by atoms with Gasteiger partial charge in [-0.25, -0.2) is 0 Å². The van der Waals surface area contributed by atoms with Gasteiger partial charge in [-0.15, -0.1) is 6.58 Å². The number of aromatic nitrogens is 1. The van der Waals surface area contributed by atoms with E-state index >= 15 is 0 Å². The second kappa shape index (κ2) is 3.58. The molecule has 0 saturated heterocycles. The minimum atomic E-state index is 0.784. The lowest BCUT2D eigenvalue weighted by atomic mass is 10.2. The van der Waals surface area contributed by atoms with E-state index in [-0.39, 0.29) is 0 Å². The summed E-state index contributed by atoms with van der Waals surface area (Å²) < 4.78 is 4.32. The fraction of sp³-hybridized carbons (Fsp3) is 0.100. The highest BCUT2D eigenvalue weighted by Gasteiger charge is 2.02. The SMILES string of the molecule is C=CCNc1snc2ccccc12. The van der Waals surface area contributed by atoms with Crippen LogP contribution in [0.4, 0.5) is 5.00 Å². The van der Waals surface area contributed by atoms with Crippen molar-refractivity contribution in [1.29, 1.82) is 0 Å². The van der Waals surface area contributed by atoms with Gasteiger partial charge in [0.25, 0.3) is 0 Å². The summed E-state index contributed by atoms with van der Waals surface area (Å²) >= 11 is 1.49. The van der Waals surface area contributed by atoms with Gasteiger partial charge in [0.15, 0.2) is 0 Å². The molecule has 13 heavy (non-hydrogen) atoms. The van der Waals surface area contributed by atoms with E-state index in [0.29, 0.717) is 0 Å². The van der Waals surface area contributed by atoms with Crippen LogP contribution in [0.25, 0.3) is 10.9 Å². The van der Waals surface area contributed by atoms with Crippen LogP contribution < -0.4 is 5.32 Å². The van der Waals surface area contributed by atoms with Gasteiger partial charge in [0.05, 0.1) is 5.52 Å². The first-order valence-corrected chi connectivity index (χ1v) is 4.88. The molecule has 1 heterocycles. The summed E-state index contributed by atoms with van der Waals surface area (Å²) in [4.78, 5) is 0. The maximum Gasteiger partial charge on any atom is 0.117 e. The number of rotatable bonds is 3. The molecule has 0 aliphatic rings. The minimum Gasteiger partial charge on any atom is -0.372 e. The summed E-state index contributed by atoms with van der Waals surface area (Å²) in [6.45, 7) is 4.45. The largest absolute Gasteiger partial charge is 0.372 e. The summed E-state index contributed by atoms with van der Waals surface area (Å²) in [6.07, 6.45) is 1.84. The van der Waals surface area contributed by atoms with E-state index in [1.165, 1.54) is 16.9 Å². The van der Waals surface area contributed by atoms with Gasteiger partial charge in [0.1, 0.15) is 5.00 Å². The Morgan fingerprint density at radius 3 is 3.15 bits per heavy atom. The number of benzene rings is 1. The predicted octanol–water partition coefficient (Wildman–Crippen LogP) is 2.89. The molecule has 0 amide bonds. The van der Waals surface area contributed by atoms with E-state index in [1.807, 2.05) is 24.3 Å². The van der Waals surface area contributed by atoms with E-state index in [1.54, 1.807) is 0 Å². The van der Waals surface area contributed by atoms with Gasteiger partial charge in [-0.3, -0.25) is 0 Å². The summed E-state index contributed by atoms with van der Waals surface area (Å²) in [5.41, 5.74) is 1.05. The summed E-state index contributed by atoms with van der Waals surface area (Å²) in [5, 5.41) is 5.57. The monoisotopic (exact) mass is 190 g/mol. The topological polar surface area (TPSA) is 24.9 Å². The van der Waals surface area contributed by atoms with Gasteiger partial charge >= 0.3 is 0 Å². The Morgan fingerprint density at radius 2 is 2.31 bits per heavy atom. The van der Waals surface area contributed by atoms with Crippen LogP contribution >= 0.6 is 11.5 Å². The first-order chi connectivity index (χ1) is 6.42. The highest BCUT2D eigenvalue weighted by molar-refractivity contribution is 7.11. The lowest BCUT2D eigenvalue weighted by molar-refractivity contribution is 1.38. The number of hydrogen-bond donors (Lipinski definition) is 1. The Morgan fingerprint density at radius 1 is 1.46 bits per heavy atom. The van der Waals surface area contributed by atoms with Crippen molar-refractivity contribution >= 4 is 27.4 Å². The molecule has 0 aliphatic carbocycles. The Hall–Kier alpha value is -1.35. The van der Waals surface area contributed by atoms with Crippen molar-refractivity contribution in [3.8, 4) is 0 Å². The molecule has 0 aliphatic heterocycles. The van der Waals surface area contributed by atoms with Crippen LogP contribution in [0.15, 0.2) is 36.9 Å². The standard InChI is InChI=1S/C10H10N2S/c1-2-7-11-10-8-5-3-4-6-9(8)12-13-10/h2-6,11H,1,7H2. The molecular formula is C10H10N2S. The predicted molar refractivity (Wildman–Crippen MR) is 58.3 cm³/mol. The van der Waals surface area contributed by atoms with Crippen LogP contribution in [0, 0.1) is 0 Å². The third-order valence-electron chi connectivity index (χ3n) is 1.79. The maximum atomic E-state index is 4.32. The molecule has 1 N–H and O–H groups in total. The van der Waals surface area contributed by atoms with E-state index in [2.05, 4.69) is 22.3 Å². The third kappa shape index (κ3) is 1.55. The Bertz CT molecular complexity index is 420. The van der Waals surface area contributed by atoms with Crippen LogP contribution in [0.5, 0.6) is 0 Å². The molecule has 0 spiro atoms. The second-order valence-electron chi connectivity index (χ2n) is 2.70. The lowest BCUT2D eigenvalue weighted by Crippen LogP contribution is -1.94. The molecule has 2 aromatic rings. The fourth-order valence-electron chi connectivity index (χ4n) is 1.18. The first-order valence-electron chi connectivity index (χ1n) is 4.11. The van der Waals surface area contributed by atoms with Gasteiger partial charge in [-0.05, 0) is 23.7 Å². The zero-order valence-electron chi connectivity index (χ0n) is 7.16. The number of hydrogen-bond acceptors (Lipinski definition) is 3. The molecule has 0 fully saturated rings. The Balaban J connectivity index is 2.40. The van der Waals surface area contributed by atoms with E-state index < -0.39 is 0 Å². The first kappa shape index (κ1) is 8.26. The van der Waals surface area contributed by atoms with Crippen molar-refractivity contribution in [1.82, 2.24) is 4.37 Å². The average Bonchev–Trinajstić information content (AvgIpc) is 2.58. The molecule has 2 nitrogen and oxygen atoms in total. The molecule has 0 saturated carbocycles. The van der Waals surface area contributed by atoms with E-state index in [9.17, 15) is 0 Å². The highest BCUT2D eigenvalue weighted by Crippen LogP contribution is 2.26. The van der Waals surface area contributed by atoms with Crippen molar-refractivity contribution in [3.63, 3.8) is 0 Å². The van der Waals surface area contributed by atoms with Gasteiger partial charge in [-0.1, -0.05) is 18.2 Å². The Kier molecular flexibility index (Phi) is 2.27. The molecule has 2 rings (SSSR count). The zero-order chi connectivity index (χ0) is 9.10. The molecule has 0 bridgehead atoms. The molecule has 0 atom stereocenters. The molecule has 1 aromatic heterocycles. The number of anilines is 1. The van der Waals surface area contributed by atoms with E-state index in [0.717, 1.165) is 17.1 Å². The maximum absolute atomic E-state index is 4.32. The third-order valence-corrected chi connectivity index (χ3v) is 2.63. The van der Waals surface area contributed by atoms with Crippen molar-refractivity contribution in [2.75, 3.05) is 11.9 Å². The van der Waals surface area contributed by atoms with Crippen LogP contribution in [-0.2, 0) is 0 Å². The van der Waals surface area contributed by atoms with Crippen LogP contribution in [-0.4, -0.2) is 10.9 Å². The molecule has 3 heteroatoms. The van der Waals surface area contributed by atoms with Gasteiger partial charge < -0.3 is 5.32 Å². The van der Waals surface area contributed by atoms with E-state index in [4.69, 9.17) is 0 Å². The van der Waals surface area contributed by atoms with Crippen LogP contribution in [0.1, 0.15) is 0 Å². The molecule has 0 radical (unpaired) electrons. The number of fused-ring (bicyclic) bond motifs is 1. The fourth-order valence-corrected chi connectivity index (χ4v) is 1.95. The summed E-state index contributed by atoms with van der Waals surface area (Å²) in [6, 6.07) is 8.12. The Labute approximate surface area is 81.1 Å². The van der Waals surface area contributed by atoms with Gasteiger partial charge in [0, 0.05) is 11.9 Å².